The van der Waals surface area contributed by atoms with Crippen molar-refractivity contribution in [1.29, 1.82) is 0 Å². The third-order valence-electron chi connectivity index (χ3n) is 5.83. The molecule has 1 aliphatic heterocycles. The minimum atomic E-state index is -3.10. The molecule has 0 saturated carbocycles. The molecular formula is C22H35N5O2S. The summed E-state index contributed by atoms with van der Waals surface area (Å²) < 4.78 is 26.1. The first-order valence-electron chi connectivity index (χ1n) is 11.0. The van der Waals surface area contributed by atoms with Crippen LogP contribution in [0.25, 0.3) is 10.9 Å². The number of rotatable bonds is 8. The number of aliphatic imine (C=N–C) groups is 1. The van der Waals surface area contributed by atoms with E-state index in [2.05, 4.69) is 51.9 Å². The lowest BCUT2D eigenvalue weighted by Gasteiger charge is -2.32. The monoisotopic (exact) mass is 433 g/mol. The summed E-state index contributed by atoms with van der Waals surface area (Å²) in [6, 6.07) is 6.71. The maximum absolute atomic E-state index is 12.2. The van der Waals surface area contributed by atoms with Gasteiger partial charge in [0.1, 0.15) is 0 Å². The summed E-state index contributed by atoms with van der Waals surface area (Å²) in [6.07, 6.45) is 6.28. The Morgan fingerprint density at radius 1 is 1.23 bits per heavy atom. The quantitative estimate of drug-likeness (QED) is 0.441. The Balaban J connectivity index is 1.48. The number of hydrogen-bond donors (Lipinski definition) is 3. The maximum atomic E-state index is 12.2. The van der Waals surface area contributed by atoms with Gasteiger partial charge in [-0.3, -0.25) is 4.99 Å². The maximum Gasteiger partial charge on any atom is 0.214 e. The molecule has 3 rings (SSSR count). The number of para-hydroxylation sites is 1. The molecule has 8 heteroatoms. The minimum Gasteiger partial charge on any atom is -0.361 e. The Labute approximate surface area is 180 Å². The molecule has 0 bridgehead atoms. The van der Waals surface area contributed by atoms with Gasteiger partial charge in [-0.15, -0.1) is 0 Å². The number of H-pyrrole nitrogens is 1. The van der Waals surface area contributed by atoms with Crippen molar-refractivity contribution in [3.63, 3.8) is 0 Å². The molecule has 1 aromatic carbocycles. The topological polar surface area (TPSA) is 89.6 Å². The van der Waals surface area contributed by atoms with Crippen molar-refractivity contribution in [1.82, 2.24) is 19.9 Å². The molecule has 0 spiro atoms. The van der Waals surface area contributed by atoms with Crippen LogP contribution < -0.4 is 10.6 Å². The summed E-state index contributed by atoms with van der Waals surface area (Å²) in [5, 5.41) is 8.15. The van der Waals surface area contributed by atoms with Crippen molar-refractivity contribution in [3.8, 4) is 0 Å². The standard InChI is InChI=1S/C22H35N5O2S/c1-4-15-30(28,29)27-13-10-19(11-14-27)26-22(23-3)24-12-9-18-16-25-21-17(5-2)7-6-8-20(18)21/h6-8,16,19,25H,4-5,9-15H2,1-3H3,(H2,23,24,26). The smallest absolute Gasteiger partial charge is 0.214 e. The third-order valence-corrected chi connectivity index (χ3v) is 7.91. The summed E-state index contributed by atoms with van der Waals surface area (Å²) in [7, 11) is -1.32. The molecule has 1 aliphatic rings. The number of guanidine groups is 1. The number of piperidine rings is 1. The summed E-state index contributed by atoms with van der Waals surface area (Å²) in [5.74, 6) is 1.01. The molecule has 30 heavy (non-hydrogen) atoms. The second-order valence-electron chi connectivity index (χ2n) is 7.89. The van der Waals surface area contributed by atoms with E-state index in [1.54, 1.807) is 11.4 Å². The van der Waals surface area contributed by atoms with E-state index >= 15 is 0 Å². The zero-order chi connectivity index (χ0) is 21.6. The summed E-state index contributed by atoms with van der Waals surface area (Å²) in [4.78, 5) is 7.77. The molecule has 0 aliphatic carbocycles. The first kappa shape index (κ1) is 22.6. The molecule has 2 heterocycles. The Morgan fingerprint density at radius 2 is 2.00 bits per heavy atom. The molecular weight excluding hydrogens is 398 g/mol. The number of aryl methyl sites for hydroxylation is 1. The van der Waals surface area contributed by atoms with Crippen LogP contribution in [-0.2, 0) is 22.9 Å². The van der Waals surface area contributed by atoms with Crippen molar-refractivity contribution in [2.45, 2.75) is 52.0 Å². The fraction of sp³-hybridized carbons (Fsp3) is 0.591. The van der Waals surface area contributed by atoms with Crippen LogP contribution >= 0.6 is 0 Å². The number of sulfonamides is 1. The Kier molecular flexibility index (Phi) is 7.77. The lowest BCUT2D eigenvalue weighted by Crippen LogP contribution is -2.50. The molecule has 2 aromatic rings. The van der Waals surface area contributed by atoms with Crippen LogP contribution in [0.4, 0.5) is 0 Å². The van der Waals surface area contributed by atoms with Crippen LogP contribution in [0.15, 0.2) is 29.4 Å². The van der Waals surface area contributed by atoms with E-state index in [1.807, 2.05) is 6.92 Å². The van der Waals surface area contributed by atoms with Gasteiger partial charge in [-0.1, -0.05) is 32.0 Å². The van der Waals surface area contributed by atoms with Gasteiger partial charge in [-0.2, -0.15) is 0 Å². The second kappa shape index (κ2) is 10.3. The molecule has 1 fully saturated rings. The fourth-order valence-corrected chi connectivity index (χ4v) is 5.69. The van der Waals surface area contributed by atoms with Crippen molar-refractivity contribution in [3.05, 3.63) is 35.5 Å². The highest BCUT2D eigenvalue weighted by Crippen LogP contribution is 2.22. The van der Waals surface area contributed by atoms with Crippen molar-refractivity contribution in [2.75, 3.05) is 32.4 Å². The van der Waals surface area contributed by atoms with Crippen LogP contribution in [0, 0.1) is 0 Å². The van der Waals surface area contributed by atoms with Crippen molar-refractivity contribution >= 4 is 26.9 Å². The van der Waals surface area contributed by atoms with Gasteiger partial charge < -0.3 is 15.6 Å². The summed E-state index contributed by atoms with van der Waals surface area (Å²) in [5.41, 5.74) is 3.89. The van der Waals surface area contributed by atoms with Crippen molar-refractivity contribution < 1.29 is 8.42 Å². The Morgan fingerprint density at radius 3 is 2.67 bits per heavy atom. The molecule has 1 aromatic heterocycles. The number of nitrogens with zero attached hydrogens (tertiary/aromatic N) is 2. The van der Waals surface area contributed by atoms with Crippen LogP contribution in [-0.4, -0.2) is 62.1 Å². The molecule has 1 saturated heterocycles. The number of aromatic nitrogens is 1. The van der Waals surface area contributed by atoms with Gasteiger partial charge in [0.05, 0.1) is 5.75 Å². The molecule has 0 amide bonds. The molecule has 7 nitrogen and oxygen atoms in total. The van der Waals surface area contributed by atoms with Gasteiger partial charge >= 0.3 is 0 Å². The van der Waals surface area contributed by atoms with E-state index in [1.165, 1.54) is 22.0 Å². The van der Waals surface area contributed by atoms with Crippen LogP contribution in [0.2, 0.25) is 0 Å². The van der Waals surface area contributed by atoms with E-state index in [-0.39, 0.29) is 11.8 Å². The van der Waals surface area contributed by atoms with E-state index in [0.717, 1.165) is 38.2 Å². The van der Waals surface area contributed by atoms with Crippen molar-refractivity contribution in [2.24, 2.45) is 4.99 Å². The highest BCUT2D eigenvalue weighted by Gasteiger charge is 2.27. The summed E-state index contributed by atoms with van der Waals surface area (Å²) >= 11 is 0. The predicted octanol–water partition coefficient (Wildman–Crippen LogP) is 2.64. The fourth-order valence-electron chi connectivity index (χ4n) is 4.15. The van der Waals surface area contributed by atoms with E-state index in [0.29, 0.717) is 19.5 Å². The third kappa shape index (κ3) is 5.35. The first-order valence-corrected chi connectivity index (χ1v) is 12.6. The Bertz CT molecular complexity index is 959. The first-order chi connectivity index (χ1) is 14.5. The number of aromatic amines is 1. The Hall–Kier alpha value is -2.06. The zero-order valence-electron chi connectivity index (χ0n) is 18.4. The van der Waals surface area contributed by atoms with Gasteiger partial charge in [-0.25, -0.2) is 12.7 Å². The highest BCUT2D eigenvalue weighted by molar-refractivity contribution is 7.89. The number of hydrogen-bond acceptors (Lipinski definition) is 3. The van der Waals surface area contributed by atoms with E-state index in [9.17, 15) is 8.42 Å². The number of benzene rings is 1. The average molecular weight is 434 g/mol. The lowest BCUT2D eigenvalue weighted by molar-refractivity contribution is 0.306. The zero-order valence-corrected chi connectivity index (χ0v) is 19.2. The summed E-state index contributed by atoms with van der Waals surface area (Å²) in [6.45, 7) is 6.02. The van der Waals surface area contributed by atoms with Gasteiger partial charge in [0, 0.05) is 49.8 Å². The van der Waals surface area contributed by atoms with E-state index < -0.39 is 10.0 Å². The predicted molar refractivity (Wildman–Crippen MR) is 125 cm³/mol. The normalized spacial score (nSPS) is 16.8. The van der Waals surface area contributed by atoms with Gasteiger partial charge in [0.15, 0.2) is 5.96 Å². The molecule has 0 radical (unpaired) electrons. The van der Waals surface area contributed by atoms with Gasteiger partial charge in [0.25, 0.3) is 0 Å². The average Bonchev–Trinajstić information content (AvgIpc) is 3.16. The molecule has 0 atom stereocenters. The number of nitrogens with one attached hydrogen (secondary N) is 3. The van der Waals surface area contributed by atoms with Crippen LogP contribution in [0.3, 0.4) is 0 Å². The van der Waals surface area contributed by atoms with Crippen LogP contribution in [0.5, 0.6) is 0 Å². The second-order valence-corrected chi connectivity index (χ2v) is 9.98. The van der Waals surface area contributed by atoms with Crippen LogP contribution in [0.1, 0.15) is 44.2 Å². The minimum absolute atomic E-state index is 0.238. The molecule has 166 valence electrons. The molecule has 0 unspecified atom stereocenters. The molecule has 3 N–H and O–H groups in total. The number of fused-ring (bicyclic) bond motifs is 1. The van der Waals surface area contributed by atoms with Gasteiger partial charge in [-0.05, 0) is 43.2 Å². The van der Waals surface area contributed by atoms with Gasteiger partial charge in [0.2, 0.25) is 10.0 Å². The largest absolute Gasteiger partial charge is 0.361 e. The highest BCUT2D eigenvalue weighted by atomic mass is 32.2. The lowest BCUT2D eigenvalue weighted by atomic mass is 10.1. The SMILES string of the molecule is CCCS(=O)(=O)N1CCC(NC(=NC)NCCc2c[nH]c3c(CC)cccc23)CC1. The van der Waals surface area contributed by atoms with E-state index in [4.69, 9.17) is 0 Å².